The second-order valence-electron chi connectivity index (χ2n) is 7.75. The highest BCUT2D eigenvalue weighted by Crippen LogP contribution is 2.23. The molecule has 6 nitrogen and oxygen atoms in total. The molecule has 0 aromatic heterocycles. The van der Waals surface area contributed by atoms with Gasteiger partial charge in [-0.05, 0) is 59.2 Å². The summed E-state index contributed by atoms with van der Waals surface area (Å²) in [6, 6.07) is 6.86. The number of hydrogen-bond acceptors (Lipinski definition) is 4. The van der Waals surface area contributed by atoms with Crippen LogP contribution >= 0.6 is 24.0 Å². The van der Waals surface area contributed by atoms with Crippen LogP contribution in [0.2, 0.25) is 0 Å². The number of aryl methyl sites for hydroxylation is 1. The van der Waals surface area contributed by atoms with Gasteiger partial charge in [-0.25, -0.2) is 4.99 Å². The normalized spacial score (nSPS) is 16.8. The predicted molar refractivity (Wildman–Crippen MR) is 132 cm³/mol. The third-order valence-corrected chi connectivity index (χ3v) is 5.06. The van der Waals surface area contributed by atoms with Crippen molar-refractivity contribution in [3.63, 3.8) is 0 Å². The van der Waals surface area contributed by atoms with E-state index in [9.17, 15) is 0 Å². The summed E-state index contributed by atoms with van der Waals surface area (Å²) in [5, 5.41) is 6.74. The minimum Gasteiger partial charge on any atom is -0.491 e. The van der Waals surface area contributed by atoms with Crippen molar-refractivity contribution in [3.05, 3.63) is 29.3 Å². The van der Waals surface area contributed by atoms with Crippen LogP contribution in [0, 0.1) is 6.92 Å². The van der Waals surface area contributed by atoms with Crippen LogP contribution in [0.4, 0.5) is 0 Å². The first-order valence-corrected chi connectivity index (χ1v) is 10.6. The average Bonchev–Trinajstić information content (AvgIpc) is 3.18. The van der Waals surface area contributed by atoms with E-state index in [-0.39, 0.29) is 30.1 Å². The Morgan fingerprint density at radius 3 is 2.79 bits per heavy atom. The topological polar surface area (TPSA) is 58.1 Å². The van der Waals surface area contributed by atoms with E-state index < -0.39 is 0 Å². The minimum absolute atomic E-state index is 0. The number of hydrogen-bond donors (Lipinski definition) is 2. The van der Waals surface area contributed by atoms with Crippen LogP contribution in [0.1, 0.15) is 44.7 Å². The maximum Gasteiger partial charge on any atom is 0.191 e. The molecule has 1 saturated heterocycles. The molecule has 1 aromatic rings. The molecule has 1 aliphatic rings. The Kier molecular flexibility index (Phi) is 12.6. The van der Waals surface area contributed by atoms with Gasteiger partial charge < -0.3 is 25.0 Å². The molecule has 166 valence electrons. The maximum absolute atomic E-state index is 6.09. The maximum atomic E-state index is 6.09. The van der Waals surface area contributed by atoms with Gasteiger partial charge in [0.15, 0.2) is 5.96 Å². The van der Waals surface area contributed by atoms with E-state index in [1.807, 2.05) is 0 Å². The molecule has 2 N–H and O–H groups in total. The highest BCUT2D eigenvalue weighted by Gasteiger charge is 2.17. The van der Waals surface area contributed by atoms with Gasteiger partial charge in [0, 0.05) is 37.8 Å². The lowest BCUT2D eigenvalue weighted by Gasteiger charge is -2.21. The lowest BCUT2D eigenvalue weighted by molar-refractivity contribution is 0.0676. The molecule has 1 fully saturated rings. The van der Waals surface area contributed by atoms with Gasteiger partial charge in [0.1, 0.15) is 12.4 Å². The number of halogens is 1. The molecule has 7 heteroatoms. The third kappa shape index (κ3) is 9.53. The quantitative estimate of drug-likeness (QED) is 0.282. The fourth-order valence-electron chi connectivity index (χ4n) is 3.00. The zero-order valence-corrected chi connectivity index (χ0v) is 21.0. The molecular weight excluding hydrogens is 479 g/mol. The average molecular weight is 518 g/mol. The zero-order valence-electron chi connectivity index (χ0n) is 18.7. The second kappa shape index (κ2) is 14.0. The van der Waals surface area contributed by atoms with Gasteiger partial charge in [0.2, 0.25) is 0 Å². The van der Waals surface area contributed by atoms with Gasteiger partial charge in [0.25, 0.3) is 0 Å². The van der Waals surface area contributed by atoms with Crippen LogP contribution < -0.4 is 15.4 Å². The van der Waals surface area contributed by atoms with Gasteiger partial charge in [-0.3, -0.25) is 0 Å². The summed E-state index contributed by atoms with van der Waals surface area (Å²) >= 11 is 0. The van der Waals surface area contributed by atoms with E-state index >= 15 is 0 Å². The van der Waals surface area contributed by atoms with Gasteiger partial charge >= 0.3 is 0 Å². The summed E-state index contributed by atoms with van der Waals surface area (Å²) in [6.45, 7) is 13.3. The third-order valence-electron chi connectivity index (χ3n) is 5.06. The fourth-order valence-corrected chi connectivity index (χ4v) is 3.00. The Bertz CT molecular complexity index is 619. The molecule has 2 rings (SSSR count). The lowest BCUT2D eigenvalue weighted by Crippen LogP contribution is -2.42. The molecule has 1 atom stereocenters. The van der Waals surface area contributed by atoms with E-state index in [1.165, 1.54) is 5.56 Å². The molecule has 1 aromatic carbocycles. The first-order chi connectivity index (χ1) is 13.5. The highest BCUT2D eigenvalue weighted by molar-refractivity contribution is 14.0. The summed E-state index contributed by atoms with van der Waals surface area (Å²) in [5.41, 5.74) is 2.29. The molecule has 0 bridgehead atoms. The number of rotatable bonds is 10. The first-order valence-electron chi connectivity index (χ1n) is 10.6. The Hall–Kier alpha value is -1.06. The molecule has 1 aliphatic heterocycles. The number of ether oxygens (including phenoxy) is 2. The van der Waals surface area contributed by atoms with E-state index in [1.54, 1.807) is 0 Å². The summed E-state index contributed by atoms with van der Waals surface area (Å²) < 4.78 is 11.8. The Morgan fingerprint density at radius 2 is 2.14 bits per heavy atom. The number of aliphatic imine (C=N–C) groups is 1. The number of benzene rings is 1. The number of nitrogens with zero attached hydrogens (tertiary/aromatic N) is 2. The Labute approximate surface area is 193 Å². The summed E-state index contributed by atoms with van der Waals surface area (Å²) in [5.74, 6) is 1.75. The lowest BCUT2D eigenvalue weighted by atomic mass is 10.1. The molecule has 1 unspecified atom stereocenters. The first kappa shape index (κ1) is 26.0. The van der Waals surface area contributed by atoms with Gasteiger partial charge in [-0.2, -0.15) is 0 Å². The van der Waals surface area contributed by atoms with Crippen LogP contribution in [-0.4, -0.2) is 62.9 Å². The van der Waals surface area contributed by atoms with Crippen molar-refractivity contribution in [1.29, 1.82) is 0 Å². The Morgan fingerprint density at radius 1 is 1.34 bits per heavy atom. The zero-order chi connectivity index (χ0) is 20.4. The summed E-state index contributed by atoms with van der Waals surface area (Å²) in [6.07, 6.45) is 2.43. The van der Waals surface area contributed by atoms with Gasteiger partial charge in [-0.15, -0.1) is 24.0 Å². The standard InChI is InChI=1S/C22H38N4O2.HI/c1-6-23-22(24-11-12-26(5)17(2)3)25-15-19-10-9-18(4)14-21(19)28-16-20-8-7-13-27-20;/h9-10,14,17,20H,6-8,11-13,15-16H2,1-5H3,(H2,23,24,25);1H. The van der Waals surface area contributed by atoms with Crippen molar-refractivity contribution in [2.24, 2.45) is 4.99 Å². The molecule has 29 heavy (non-hydrogen) atoms. The van der Waals surface area contributed by atoms with Crippen LogP contribution in [0.25, 0.3) is 0 Å². The minimum atomic E-state index is 0. The monoisotopic (exact) mass is 518 g/mol. The van der Waals surface area contributed by atoms with Gasteiger partial charge in [0.05, 0.1) is 12.6 Å². The molecule has 1 heterocycles. The van der Waals surface area contributed by atoms with Crippen molar-refractivity contribution in [1.82, 2.24) is 15.5 Å². The molecular formula is C22H39IN4O2. The predicted octanol–water partition coefficient (Wildman–Crippen LogP) is 3.57. The van der Waals surface area contributed by atoms with Crippen LogP contribution in [0.5, 0.6) is 5.75 Å². The SMILES string of the molecule is CCNC(=NCc1ccc(C)cc1OCC1CCCO1)NCCN(C)C(C)C.I. The van der Waals surface area contributed by atoms with Crippen molar-refractivity contribution in [2.75, 3.05) is 39.9 Å². The molecule has 0 spiro atoms. The second-order valence-corrected chi connectivity index (χ2v) is 7.75. The number of likely N-dealkylation sites (N-methyl/N-ethyl adjacent to an activating group) is 1. The molecule has 0 radical (unpaired) electrons. The van der Waals surface area contributed by atoms with Crippen molar-refractivity contribution < 1.29 is 9.47 Å². The van der Waals surface area contributed by atoms with Crippen LogP contribution in [-0.2, 0) is 11.3 Å². The van der Waals surface area contributed by atoms with Crippen molar-refractivity contribution in [3.8, 4) is 5.75 Å². The largest absolute Gasteiger partial charge is 0.491 e. The van der Waals surface area contributed by atoms with Gasteiger partial charge in [-0.1, -0.05) is 12.1 Å². The highest BCUT2D eigenvalue weighted by atomic mass is 127. The summed E-state index contributed by atoms with van der Waals surface area (Å²) in [7, 11) is 2.14. The number of nitrogens with one attached hydrogen (secondary N) is 2. The fraction of sp³-hybridized carbons (Fsp3) is 0.682. The van der Waals surface area contributed by atoms with E-state index in [2.05, 4.69) is 68.5 Å². The molecule has 0 aliphatic carbocycles. The van der Waals surface area contributed by atoms with E-state index in [0.29, 0.717) is 19.2 Å². The summed E-state index contributed by atoms with van der Waals surface area (Å²) in [4.78, 5) is 7.07. The number of guanidine groups is 1. The van der Waals surface area contributed by atoms with Crippen LogP contribution in [0.3, 0.4) is 0 Å². The van der Waals surface area contributed by atoms with Crippen molar-refractivity contribution >= 4 is 29.9 Å². The molecule has 0 saturated carbocycles. The van der Waals surface area contributed by atoms with Crippen LogP contribution in [0.15, 0.2) is 23.2 Å². The van der Waals surface area contributed by atoms with E-state index in [0.717, 1.165) is 56.4 Å². The molecule has 0 amide bonds. The van der Waals surface area contributed by atoms with Crippen molar-refractivity contribution in [2.45, 2.75) is 59.2 Å². The Balaban J connectivity index is 0.00000420. The smallest absolute Gasteiger partial charge is 0.191 e. The van der Waals surface area contributed by atoms with E-state index in [4.69, 9.17) is 14.5 Å².